The highest BCUT2D eigenvalue weighted by atomic mass is 35.5. The lowest BCUT2D eigenvalue weighted by Crippen LogP contribution is -2.01. The summed E-state index contributed by atoms with van der Waals surface area (Å²) in [5.41, 5.74) is 0.511. The minimum atomic E-state index is -0.578. The summed E-state index contributed by atoms with van der Waals surface area (Å²) in [5.74, 6) is -0.0710. The molecule has 3 rings (SSSR count). The largest absolute Gasteiger partial charge is 0.476 e. The van der Waals surface area contributed by atoms with Crippen molar-refractivity contribution in [2.45, 2.75) is 0 Å². The summed E-state index contributed by atoms with van der Waals surface area (Å²) in [6.07, 6.45) is 4.26. The minimum Gasteiger partial charge on any atom is -0.476 e. The highest BCUT2D eigenvalue weighted by Gasteiger charge is 2.18. The first kappa shape index (κ1) is 13.2. The summed E-state index contributed by atoms with van der Waals surface area (Å²) in [7, 11) is 1.31. The van der Waals surface area contributed by atoms with Crippen molar-refractivity contribution in [2.75, 3.05) is 7.11 Å². The average Bonchev–Trinajstić information content (AvgIpc) is 2.92. The third-order valence-corrected chi connectivity index (χ3v) is 3.04. The number of hydrogen-bond donors (Lipinski definition) is 0. The van der Waals surface area contributed by atoms with E-state index >= 15 is 0 Å². The van der Waals surface area contributed by atoms with E-state index < -0.39 is 4.92 Å². The molecule has 3 aromatic rings. The molecule has 0 atom stereocenters. The van der Waals surface area contributed by atoms with Crippen LogP contribution in [-0.2, 0) is 0 Å². The van der Waals surface area contributed by atoms with Crippen LogP contribution in [0.25, 0.3) is 16.7 Å². The van der Waals surface area contributed by atoms with Gasteiger partial charge >= 0.3 is 5.69 Å². The number of methoxy groups -OCH3 is 1. The Morgan fingerprint density at radius 3 is 2.86 bits per heavy atom. The number of aromatic nitrogens is 5. The molecule has 21 heavy (non-hydrogen) atoms. The molecule has 3 heterocycles. The van der Waals surface area contributed by atoms with Gasteiger partial charge in [-0.15, -0.1) is 5.10 Å². The molecule has 3 aromatic heterocycles. The summed E-state index contributed by atoms with van der Waals surface area (Å²) >= 11 is 5.94. The molecule has 0 aliphatic heterocycles. The molecular formula is C11H7ClN6O3. The van der Waals surface area contributed by atoms with Gasteiger partial charge in [-0.1, -0.05) is 11.6 Å². The Morgan fingerprint density at radius 2 is 2.19 bits per heavy atom. The number of hydrogen-bond acceptors (Lipinski definition) is 7. The third-order valence-electron chi connectivity index (χ3n) is 2.74. The molecule has 0 radical (unpaired) electrons. The topological polar surface area (TPSA) is 109 Å². The summed E-state index contributed by atoms with van der Waals surface area (Å²) in [6.45, 7) is 0. The summed E-state index contributed by atoms with van der Waals surface area (Å²) < 4.78 is 6.24. The number of pyridine rings is 1. The molecule has 9 nitrogen and oxygen atoms in total. The van der Waals surface area contributed by atoms with Gasteiger partial charge in [0.15, 0.2) is 5.65 Å². The molecule has 0 aliphatic rings. The maximum absolute atomic E-state index is 11.0. The Morgan fingerprint density at radius 1 is 1.38 bits per heavy atom. The lowest BCUT2D eigenvalue weighted by Gasteiger charge is -2.03. The molecule has 0 N–H and O–H groups in total. The van der Waals surface area contributed by atoms with Crippen LogP contribution in [0.1, 0.15) is 0 Å². The van der Waals surface area contributed by atoms with E-state index in [-0.39, 0.29) is 16.7 Å². The maximum Gasteiger partial charge on any atom is 0.333 e. The van der Waals surface area contributed by atoms with Crippen LogP contribution in [0.2, 0.25) is 5.15 Å². The third kappa shape index (κ3) is 2.23. The second-order valence-corrected chi connectivity index (χ2v) is 4.31. The van der Waals surface area contributed by atoms with Gasteiger partial charge < -0.3 is 4.74 Å². The number of rotatable bonds is 3. The highest BCUT2D eigenvalue weighted by molar-refractivity contribution is 6.33. The van der Waals surface area contributed by atoms with Crippen LogP contribution in [0.15, 0.2) is 24.8 Å². The smallest absolute Gasteiger partial charge is 0.333 e. The first-order chi connectivity index (χ1) is 10.1. The van der Waals surface area contributed by atoms with Crippen LogP contribution in [0.4, 0.5) is 5.69 Å². The standard InChI is InChI=1S/C11H7ClN6O3/c1-21-11-8(18(19)20)2-6(3-13-11)17-4-7-9(12)14-5-15-10(7)16-17/h2-5H,1H3. The van der Waals surface area contributed by atoms with E-state index in [0.29, 0.717) is 16.7 Å². The van der Waals surface area contributed by atoms with Gasteiger partial charge in [0.1, 0.15) is 11.5 Å². The predicted octanol–water partition coefficient (Wildman–Crippen LogP) is 1.78. The first-order valence-corrected chi connectivity index (χ1v) is 6.02. The van der Waals surface area contributed by atoms with Gasteiger partial charge in [-0.25, -0.2) is 19.6 Å². The van der Waals surface area contributed by atoms with Gasteiger partial charge in [-0.05, 0) is 0 Å². The molecule has 0 unspecified atom stereocenters. The Labute approximate surface area is 122 Å². The zero-order valence-electron chi connectivity index (χ0n) is 10.6. The molecule has 0 fully saturated rings. The van der Waals surface area contributed by atoms with Crippen LogP contribution in [-0.4, -0.2) is 36.8 Å². The van der Waals surface area contributed by atoms with Crippen LogP contribution >= 0.6 is 11.6 Å². The van der Waals surface area contributed by atoms with Gasteiger partial charge in [-0.3, -0.25) is 10.1 Å². The van der Waals surface area contributed by atoms with Crippen LogP contribution in [0.5, 0.6) is 5.88 Å². The van der Waals surface area contributed by atoms with Crippen LogP contribution < -0.4 is 4.74 Å². The fraction of sp³-hybridized carbons (Fsp3) is 0.0909. The van der Waals surface area contributed by atoms with E-state index in [9.17, 15) is 10.1 Å². The zero-order valence-corrected chi connectivity index (χ0v) is 11.4. The van der Waals surface area contributed by atoms with Gasteiger partial charge in [0.25, 0.3) is 5.88 Å². The van der Waals surface area contributed by atoms with Gasteiger partial charge in [0.05, 0.1) is 29.3 Å². The van der Waals surface area contributed by atoms with Gasteiger partial charge in [-0.2, -0.15) is 0 Å². The molecule has 10 heteroatoms. The fourth-order valence-corrected chi connectivity index (χ4v) is 1.96. The quantitative estimate of drug-likeness (QED) is 0.412. The van der Waals surface area contributed by atoms with Crippen molar-refractivity contribution >= 4 is 28.3 Å². The summed E-state index contributed by atoms with van der Waals surface area (Å²) in [5, 5.41) is 16.0. The van der Waals surface area contributed by atoms with E-state index in [4.69, 9.17) is 16.3 Å². The number of fused-ring (bicyclic) bond motifs is 1. The maximum atomic E-state index is 11.0. The Kier molecular flexibility index (Phi) is 3.10. The predicted molar refractivity (Wildman–Crippen MR) is 72.7 cm³/mol. The zero-order chi connectivity index (χ0) is 15.0. The number of nitrogens with zero attached hydrogens (tertiary/aromatic N) is 6. The highest BCUT2D eigenvalue weighted by Crippen LogP contribution is 2.27. The fourth-order valence-electron chi connectivity index (χ4n) is 1.79. The summed E-state index contributed by atoms with van der Waals surface area (Å²) in [6, 6.07) is 1.30. The van der Waals surface area contributed by atoms with E-state index in [2.05, 4.69) is 20.1 Å². The number of ether oxygens (including phenoxy) is 1. The Hall–Kier alpha value is -2.81. The first-order valence-electron chi connectivity index (χ1n) is 5.65. The number of nitro groups is 1. The second-order valence-electron chi connectivity index (χ2n) is 3.95. The normalized spacial score (nSPS) is 10.8. The van der Waals surface area contributed by atoms with Crippen LogP contribution in [0.3, 0.4) is 0 Å². The van der Waals surface area contributed by atoms with E-state index in [1.54, 1.807) is 6.20 Å². The van der Waals surface area contributed by atoms with Crippen molar-refractivity contribution in [1.29, 1.82) is 0 Å². The van der Waals surface area contributed by atoms with Crippen molar-refractivity contribution in [3.8, 4) is 11.6 Å². The molecule has 106 valence electrons. The van der Waals surface area contributed by atoms with E-state index in [1.165, 1.54) is 30.4 Å². The number of halogens is 1. The monoisotopic (exact) mass is 306 g/mol. The van der Waals surface area contributed by atoms with Crippen molar-refractivity contribution in [1.82, 2.24) is 24.7 Å². The van der Waals surface area contributed by atoms with Crippen molar-refractivity contribution < 1.29 is 9.66 Å². The van der Waals surface area contributed by atoms with E-state index in [0.717, 1.165) is 0 Å². The van der Waals surface area contributed by atoms with Crippen LogP contribution in [0, 0.1) is 10.1 Å². The van der Waals surface area contributed by atoms with Crippen molar-refractivity contribution in [3.63, 3.8) is 0 Å². The minimum absolute atomic E-state index is 0.0710. The molecule has 0 amide bonds. The lowest BCUT2D eigenvalue weighted by molar-refractivity contribution is -0.386. The molecule has 0 saturated carbocycles. The Balaban J connectivity index is 2.16. The summed E-state index contributed by atoms with van der Waals surface area (Å²) in [4.78, 5) is 22.1. The molecule has 0 spiro atoms. The van der Waals surface area contributed by atoms with Crippen molar-refractivity contribution in [2.24, 2.45) is 0 Å². The molecular weight excluding hydrogens is 300 g/mol. The Bertz CT molecular complexity index is 849. The molecule has 0 saturated heterocycles. The second kappa shape index (κ2) is 4.94. The van der Waals surface area contributed by atoms with E-state index in [1.807, 2.05) is 0 Å². The lowest BCUT2D eigenvalue weighted by atomic mass is 10.3. The molecule has 0 aromatic carbocycles. The average molecular weight is 307 g/mol. The van der Waals surface area contributed by atoms with Gasteiger partial charge in [0.2, 0.25) is 0 Å². The molecule has 0 aliphatic carbocycles. The van der Waals surface area contributed by atoms with Crippen molar-refractivity contribution in [3.05, 3.63) is 40.1 Å². The molecule has 0 bridgehead atoms. The van der Waals surface area contributed by atoms with Gasteiger partial charge in [0, 0.05) is 12.3 Å². The SMILES string of the molecule is COc1ncc(-n2cc3c(Cl)ncnc3n2)cc1[N+](=O)[O-].